The highest BCUT2D eigenvalue weighted by Gasteiger charge is 2.00. The molecule has 15 heavy (non-hydrogen) atoms. The summed E-state index contributed by atoms with van der Waals surface area (Å²) in [7, 11) is 0. The molecule has 0 aliphatic carbocycles. The van der Waals surface area contributed by atoms with Gasteiger partial charge in [0.2, 0.25) is 0 Å². The van der Waals surface area contributed by atoms with Crippen LogP contribution in [0.25, 0.3) is 0 Å². The van der Waals surface area contributed by atoms with Gasteiger partial charge in [0.1, 0.15) is 6.61 Å². The fourth-order valence-corrected chi connectivity index (χ4v) is 0.993. The van der Waals surface area contributed by atoms with Gasteiger partial charge in [0, 0.05) is 0 Å². The number of rotatable bonds is 7. The molecule has 0 amide bonds. The minimum atomic E-state index is -2.56. The molecule has 0 spiro atoms. The lowest BCUT2D eigenvalue weighted by Gasteiger charge is -2.10. The number of nitrogens with one attached hydrogen (secondary N) is 1. The molecule has 0 aromatic carbocycles. The summed E-state index contributed by atoms with van der Waals surface area (Å²) in [5, 5.41) is 3.24. The van der Waals surface area contributed by atoms with Crippen LogP contribution >= 0.6 is 0 Å². The summed E-state index contributed by atoms with van der Waals surface area (Å²) in [6.07, 6.45) is -0.526. The van der Waals surface area contributed by atoms with E-state index in [9.17, 15) is 8.78 Å². The molecule has 1 N–H and O–H groups in total. The maximum absolute atomic E-state index is 11.6. The third kappa shape index (κ3) is 11.3. The van der Waals surface area contributed by atoms with Gasteiger partial charge in [-0.3, -0.25) is 0 Å². The molecule has 0 saturated heterocycles. The topological polar surface area (TPSA) is 21.3 Å². The van der Waals surface area contributed by atoms with Gasteiger partial charge >= 0.3 is 0 Å². The molecule has 0 rings (SSSR count). The zero-order valence-corrected chi connectivity index (χ0v) is 9.35. The molecular formula is C11H19F2NO. The van der Waals surface area contributed by atoms with E-state index in [1.807, 2.05) is 6.92 Å². The fourth-order valence-electron chi connectivity index (χ4n) is 0.993. The summed E-state index contributed by atoms with van der Waals surface area (Å²) in [4.78, 5) is 0. The van der Waals surface area contributed by atoms with Crippen LogP contribution in [0.15, 0.2) is 0 Å². The number of hydrogen-bond acceptors (Lipinski definition) is 2. The van der Waals surface area contributed by atoms with E-state index in [1.165, 1.54) is 0 Å². The van der Waals surface area contributed by atoms with E-state index in [-0.39, 0.29) is 12.7 Å². The molecule has 0 heterocycles. The molecule has 2 nitrogen and oxygen atoms in total. The van der Waals surface area contributed by atoms with Crippen molar-refractivity contribution >= 4 is 0 Å². The lowest BCUT2D eigenvalue weighted by molar-refractivity contribution is 0.0854. The van der Waals surface area contributed by atoms with Gasteiger partial charge in [-0.2, -0.15) is 8.78 Å². The Kier molecular flexibility index (Phi) is 9.44. The lowest BCUT2D eigenvalue weighted by atomic mass is 10.3. The van der Waals surface area contributed by atoms with Gasteiger partial charge in [-0.15, -0.1) is 0 Å². The van der Waals surface area contributed by atoms with Crippen LogP contribution in [0.3, 0.4) is 0 Å². The third-order valence-electron chi connectivity index (χ3n) is 1.81. The van der Waals surface area contributed by atoms with E-state index < -0.39 is 6.43 Å². The van der Waals surface area contributed by atoms with Gasteiger partial charge in [-0.1, -0.05) is 12.8 Å². The fraction of sp³-hybridized carbons (Fsp3) is 0.818. The van der Waals surface area contributed by atoms with Crippen LogP contribution < -0.4 is 5.32 Å². The molecule has 0 bridgehead atoms. The SMILES string of the molecule is CCCNCCC(C)OCC#CC(F)F. The minimum Gasteiger partial charge on any atom is -0.366 e. The van der Waals surface area contributed by atoms with Crippen molar-refractivity contribution in [2.24, 2.45) is 0 Å². The highest BCUT2D eigenvalue weighted by molar-refractivity contribution is 5.01. The van der Waals surface area contributed by atoms with Crippen LogP contribution in [0, 0.1) is 11.8 Å². The van der Waals surface area contributed by atoms with Crippen LogP contribution in [-0.2, 0) is 4.74 Å². The van der Waals surface area contributed by atoms with Gasteiger partial charge in [-0.05, 0) is 38.8 Å². The summed E-state index contributed by atoms with van der Waals surface area (Å²) in [6, 6.07) is 0. The zero-order valence-electron chi connectivity index (χ0n) is 9.35. The summed E-state index contributed by atoms with van der Waals surface area (Å²) >= 11 is 0. The van der Waals surface area contributed by atoms with Gasteiger partial charge in [-0.25, -0.2) is 0 Å². The van der Waals surface area contributed by atoms with Crippen LogP contribution in [0.4, 0.5) is 8.78 Å². The first kappa shape index (κ1) is 14.3. The minimum absolute atomic E-state index is 0.0568. The monoisotopic (exact) mass is 219 g/mol. The second-order valence-corrected chi connectivity index (χ2v) is 3.28. The molecule has 1 unspecified atom stereocenters. The van der Waals surface area contributed by atoms with Crippen LogP contribution in [0.1, 0.15) is 26.7 Å². The van der Waals surface area contributed by atoms with E-state index in [1.54, 1.807) is 5.92 Å². The quantitative estimate of drug-likeness (QED) is 0.522. The Balaban J connectivity index is 3.34. The Morgan fingerprint density at radius 1 is 1.33 bits per heavy atom. The normalized spacial score (nSPS) is 12.3. The summed E-state index contributed by atoms with van der Waals surface area (Å²) in [5.41, 5.74) is 0. The largest absolute Gasteiger partial charge is 0.366 e. The predicted octanol–water partition coefficient (Wildman–Crippen LogP) is 2.05. The van der Waals surface area contributed by atoms with Crippen molar-refractivity contribution in [3.8, 4) is 11.8 Å². The molecule has 0 saturated carbocycles. The Morgan fingerprint density at radius 2 is 2.07 bits per heavy atom. The van der Waals surface area contributed by atoms with Crippen molar-refractivity contribution in [1.29, 1.82) is 0 Å². The molecule has 1 atom stereocenters. The molecular weight excluding hydrogens is 200 g/mol. The molecule has 88 valence electrons. The Labute approximate surface area is 90.4 Å². The second kappa shape index (κ2) is 9.88. The lowest BCUT2D eigenvalue weighted by Crippen LogP contribution is -2.21. The molecule has 0 aromatic rings. The van der Waals surface area contributed by atoms with Crippen LogP contribution in [0.5, 0.6) is 0 Å². The summed E-state index contributed by atoms with van der Waals surface area (Å²) in [6.45, 7) is 5.99. The van der Waals surface area contributed by atoms with Crippen molar-refractivity contribution in [3.63, 3.8) is 0 Å². The average Bonchev–Trinajstić information content (AvgIpc) is 2.19. The van der Waals surface area contributed by atoms with Gasteiger partial charge in [0.15, 0.2) is 0 Å². The molecule has 0 aliphatic heterocycles. The standard InChI is InChI=1S/C11H19F2NO/c1-3-7-14-8-6-10(2)15-9-4-5-11(12)13/h10-11,14H,3,6-9H2,1-2H3. The van der Waals surface area contributed by atoms with Crippen molar-refractivity contribution in [3.05, 3.63) is 0 Å². The van der Waals surface area contributed by atoms with Crippen LogP contribution in [-0.4, -0.2) is 32.2 Å². The highest BCUT2D eigenvalue weighted by atomic mass is 19.3. The van der Waals surface area contributed by atoms with E-state index in [4.69, 9.17) is 4.74 Å². The van der Waals surface area contributed by atoms with Gasteiger partial charge in [0.05, 0.1) is 6.10 Å². The predicted molar refractivity (Wildman–Crippen MR) is 57.0 cm³/mol. The van der Waals surface area contributed by atoms with Gasteiger partial charge in [0.25, 0.3) is 6.43 Å². The maximum Gasteiger partial charge on any atom is 0.298 e. The van der Waals surface area contributed by atoms with Crippen molar-refractivity contribution in [2.45, 2.75) is 39.2 Å². The average molecular weight is 219 g/mol. The number of ether oxygens (including phenoxy) is 1. The molecule has 0 aliphatic rings. The number of halogens is 2. The number of hydrogen-bond donors (Lipinski definition) is 1. The Hall–Kier alpha value is -0.660. The Morgan fingerprint density at radius 3 is 2.67 bits per heavy atom. The molecule has 0 radical (unpaired) electrons. The highest BCUT2D eigenvalue weighted by Crippen LogP contribution is 1.95. The van der Waals surface area contributed by atoms with E-state index in [2.05, 4.69) is 18.2 Å². The summed E-state index contributed by atoms with van der Waals surface area (Å²) in [5.74, 6) is 4.03. The van der Waals surface area contributed by atoms with Gasteiger partial charge < -0.3 is 10.1 Å². The van der Waals surface area contributed by atoms with Crippen molar-refractivity contribution in [2.75, 3.05) is 19.7 Å². The first-order valence-electron chi connectivity index (χ1n) is 5.25. The second-order valence-electron chi connectivity index (χ2n) is 3.28. The maximum atomic E-state index is 11.6. The van der Waals surface area contributed by atoms with Crippen molar-refractivity contribution < 1.29 is 13.5 Å². The van der Waals surface area contributed by atoms with E-state index in [0.717, 1.165) is 25.9 Å². The zero-order chi connectivity index (χ0) is 11.5. The number of alkyl halides is 2. The molecule has 0 fully saturated rings. The molecule has 0 aromatic heterocycles. The first-order valence-corrected chi connectivity index (χ1v) is 5.25. The molecule has 4 heteroatoms. The van der Waals surface area contributed by atoms with E-state index >= 15 is 0 Å². The Bertz CT molecular complexity index is 198. The third-order valence-corrected chi connectivity index (χ3v) is 1.81. The van der Waals surface area contributed by atoms with Crippen molar-refractivity contribution in [1.82, 2.24) is 5.32 Å². The summed E-state index contributed by atoms with van der Waals surface area (Å²) < 4.78 is 28.4. The first-order chi connectivity index (χ1) is 7.16. The van der Waals surface area contributed by atoms with Crippen LogP contribution in [0.2, 0.25) is 0 Å². The van der Waals surface area contributed by atoms with E-state index in [0.29, 0.717) is 0 Å². The smallest absolute Gasteiger partial charge is 0.298 e.